The van der Waals surface area contributed by atoms with Crippen molar-refractivity contribution in [1.82, 2.24) is 30.3 Å². The van der Waals surface area contributed by atoms with Gasteiger partial charge in [-0.25, -0.2) is 18.9 Å². The molecule has 4 N–H and O–H groups in total. The Morgan fingerprint density at radius 1 is 0.969 bits per heavy atom. The number of nitrogens with zero attached hydrogens (tertiary/aromatic N) is 7. The molecule has 0 radical (unpaired) electrons. The first-order chi connectivity index (χ1) is 30.5. The summed E-state index contributed by atoms with van der Waals surface area (Å²) in [6, 6.07) is 17.9. The summed E-state index contributed by atoms with van der Waals surface area (Å²) < 4.78 is 72.9. The lowest BCUT2D eigenvalue weighted by molar-refractivity contribution is -0.137. The summed E-state index contributed by atoms with van der Waals surface area (Å²) in [6.45, 7) is 3.88. The molecule has 0 unspecified atom stereocenters. The molecule has 0 aliphatic carbocycles. The Morgan fingerprint density at radius 3 is 2.39 bits per heavy atom. The number of carbonyl (C=O) groups excluding carboxylic acids is 2. The van der Waals surface area contributed by atoms with Gasteiger partial charge < -0.3 is 20.9 Å². The summed E-state index contributed by atoms with van der Waals surface area (Å²) in [7, 11) is 1.77. The molecular weight excluding hydrogens is 858 g/mol. The van der Waals surface area contributed by atoms with Gasteiger partial charge in [-0.15, -0.1) is 0 Å². The lowest BCUT2D eigenvalue weighted by Crippen LogP contribution is -2.44. The van der Waals surface area contributed by atoms with E-state index in [0.29, 0.717) is 41.6 Å². The van der Waals surface area contributed by atoms with E-state index in [1.807, 2.05) is 24.3 Å². The maximum absolute atomic E-state index is 15.5. The molecule has 20 heteroatoms. The lowest BCUT2D eigenvalue weighted by atomic mass is 9.83. The zero-order valence-electron chi connectivity index (χ0n) is 34.3. The summed E-state index contributed by atoms with van der Waals surface area (Å²) in [5.74, 6) is -2.63. The third-order valence-corrected chi connectivity index (χ3v) is 11.8. The Kier molecular flexibility index (Phi) is 11.4. The quantitative estimate of drug-likeness (QED) is 0.0546. The second-order valence-electron chi connectivity index (χ2n) is 15.8. The van der Waals surface area contributed by atoms with Gasteiger partial charge in [0.1, 0.15) is 29.3 Å². The maximum Gasteiger partial charge on any atom is 0.417 e. The number of anilines is 4. The van der Waals surface area contributed by atoms with Crippen LogP contribution >= 0.6 is 12.2 Å². The Hall–Kier alpha value is -7.27. The summed E-state index contributed by atoms with van der Waals surface area (Å²) >= 11 is 5.53. The number of amides is 2. The second-order valence-corrected chi connectivity index (χ2v) is 16.2. The average Bonchev–Trinajstić information content (AvgIpc) is 3.75. The molecule has 2 atom stereocenters. The van der Waals surface area contributed by atoms with Crippen LogP contribution in [0.2, 0.25) is 0 Å². The fourth-order valence-electron chi connectivity index (χ4n) is 8.22. The highest BCUT2D eigenvalue weighted by Crippen LogP contribution is 2.46. The van der Waals surface area contributed by atoms with E-state index >= 15 is 4.39 Å². The van der Waals surface area contributed by atoms with Gasteiger partial charge in [0.25, 0.3) is 17.4 Å². The number of aromatic nitrogens is 5. The Bertz CT molecular complexity index is 2950. The van der Waals surface area contributed by atoms with Crippen LogP contribution in [0, 0.1) is 23.0 Å². The van der Waals surface area contributed by atoms with Crippen LogP contribution in [0.25, 0.3) is 10.8 Å². The number of alkyl halides is 3. The highest BCUT2D eigenvalue weighted by atomic mass is 32.1. The first-order valence-corrected chi connectivity index (χ1v) is 20.4. The van der Waals surface area contributed by atoms with Gasteiger partial charge in [0.2, 0.25) is 0 Å². The average molecular weight is 896 g/mol. The minimum absolute atomic E-state index is 0.111. The molecule has 2 aliphatic heterocycles. The highest BCUT2D eigenvalue weighted by Gasteiger charge is 2.51. The monoisotopic (exact) mass is 895 g/mol. The van der Waals surface area contributed by atoms with Gasteiger partial charge in [-0.05, 0) is 112 Å². The van der Waals surface area contributed by atoms with Crippen molar-refractivity contribution in [3.8, 4) is 6.07 Å². The number of thiocarbonyl (C=S) groups is 1. The molecule has 2 aromatic heterocycles. The summed E-state index contributed by atoms with van der Waals surface area (Å²) in [5.41, 5.74) is -1.40. The molecule has 8 rings (SSSR count). The van der Waals surface area contributed by atoms with Gasteiger partial charge in [-0.3, -0.25) is 24.0 Å². The highest BCUT2D eigenvalue weighted by molar-refractivity contribution is 7.81. The van der Waals surface area contributed by atoms with Crippen molar-refractivity contribution in [1.29, 1.82) is 5.26 Å². The zero-order chi connectivity index (χ0) is 45.7. The SMILES string of the molecule is Cn1ncnc1[C@H]1c2n[nH]c(=O)c3cc(F)cc(c23)N[C@@H]1c1ccc(NCCCCCNC(=O)c2ccc(N3C(=S)N(c4ccc(C#N)c(C(F)(F)F)c4)C(=O)C3(C)C)cc2F)cc1. The van der Waals surface area contributed by atoms with Crippen molar-refractivity contribution in [3.63, 3.8) is 0 Å². The molecule has 2 aliphatic rings. The van der Waals surface area contributed by atoms with Gasteiger partial charge in [-0.2, -0.15) is 28.6 Å². The standard InChI is InChI=1S/C44H38F5N11O3S/c1-43(2)41(63)59(27-12-9-24(21-50)31(19-27)44(47,48)49)42(64)60(43)28-13-14-29(32(46)20-28)39(61)52-16-6-4-5-15-51-26-10-7-23(8-11-26)36-35(38-53-22-54-58(38)3)37-34-30(40(62)57-56-37)17-25(45)18-33(34)55-36/h7-14,17-20,22,35-36,51,55H,4-6,15-16H2,1-3H3,(H,52,61)(H,57,62)/t35-,36-/m1/s1. The van der Waals surface area contributed by atoms with Gasteiger partial charge in [0, 0.05) is 42.6 Å². The summed E-state index contributed by atoms with van der Waals surface area (Å²) in [5, 5.41) is 30.4. The number of rotatable bonds is 12. The van der Waals surface area contributed by atoms with Crippen LogP contribution in [0.5, 0.6) is 0 Å². The minimum Gasteiger partial charge on any atom is -0.385 e. The molecule has 1 fully saturated rings. The number of aryl methyl sites for hydroxylation is 1. The van der Waals surface area contributed by atoms with Crippen molar-refractivity contribution >= 4 is 62.7 Å². The fraction of sp³-hybridized carbons (Fsp3) is 0.273. The van der Waals surface area contributed by atoms with Gasteiger partial charge in [0.05, 0.1) is 51.5 Å². The molecule has 0 bridgehead atoms. The van der Waals surface area contributed by atoms with E-state index in [0.717, 1.165) is 41.1 Å². The van der Waals surface area contributed by atoms with Crippen LogP contribution in [-0.2, 0) is 18.0 Å². The third kappa shape index (κ3) is 7.87. The van der Waals surface area contributed by atoms with Crippen LogP contribution in [-0.4, -0.2) is 60.5 Å². The number of hydrogen-bond donors (Lipinski definition) is 4. The number of carbonyl (C=O) groups is 2. The van der Waals surface area contributed by atoms with E-state index in [4.69, 9.17) is 12.2 Å². The molecule has 6 aromatic rings. The molecule has 1 saturated heterocycles. The summed E-state index contributed by atoms with van der Waals surface area (Å²) in [4.78, 5) is 45.8. The second kappa shape index (κ2) is 16.8. The number of halogens is 5. The largest absolute Gasteiger partial charge is 0.417 e. The molecular formula is C44H38F5N11O3S. The van der Waals surface area contributed by atoms with Crippen molar-refractivity contribution in [3.05, 3.63) is 135 Å². The first kappa shape index (κ1) is 43.4. The minimum atomic E-state index is -4.87. The van der Waals surface area contributed by atoms with Crippen molar-refractivity contribution in [2.24, 2.45) is 7.05 Å². The number of H-pyrrole nitrogens is 1. The number of nitrogens with one attached hydrogen (secondary N) is 4. The van der Waals surface area contributed by atoms with Crippen LogP contribution < -0.4 is 31.3 Å². The molecule has 14 nitrogen and oxygen atoms in total. The maximum atomic E-state index is 15.5. The number of aromatic amines is 1. The molecule has 328 valence electrons. The van der Waals surface area contributed by atoms with Crippen LogP contribution in [0.1, 0.15) is 83.6 Å². The van der Waals surface area contributed by atoms with Gasteiger partial charge >= 0.3 is 6.18 Å². The lowest BCUT2D eigenvalue weighted by Gasteiger charge is -2.33. The van der Waals surface area contributed by atoms with Crippen LogP contribution in [0.15, 0.2) is 83.9 Å². The van der Waals surface area contributed by atoms with Crippen molar-refractivity contribution in [2.75, 3.05) is 33.5 Å². The third-order valence-electron chi connectivity index (χ3n) is 11.4. The Balaban J connectivity index is 0.843. The van der Waals surface area contributed by atoms with E-state index in [-0.39, 0.29) is 34.0 Å². The summed E-state index contributed by atoms with van der Waals surface area (Å²) in [6.07, 6.45) is -1.32. The van der Waals surface area contributed by atoms with E-state index in [1.54, 1.807) is 11.7 Å². The Labute approximate surface area is 367 Å². The van der Waals surface area contributed by atoms with Crippen molar-refractivity contribution < 1.29 is 31.5 Å². The van der Waals surface area contributed by atoms with Gasteiger partial charge in [-0.1, -0.05) is 12.1 Å². The van der Waals surface area contributed by atoms with E-state index in [9.17, 15) is 37.2 Å². The number of benzene rings is 4. The number of unbranched alkanes of at least 4 members (excludes halogenated alkanes) is 2. The van der Waals surface area contributed by atoms with E-state index < -0.39 is 63.8 Å². The van der Waals surface area contributed by atoms with Crippen LogP contribution in [0.4, 0.5) is 44.7 Å². The molecule has 64 heavy (non-hydrogen) atoms. The number of hydrogen-bond acceptors (Lipinski definition) is 10. The van der Waals surface area contributed by atoms with E-state index in [1.165, 1.54) is 61.5 Å². The topological polar surface area (TPSA) is 177 Å². The first-order valence-electron chi connectivity index (χ1n) is 20.0. The normalized spacial score (nSPS) is 16.8. The predicted octanol–water partition coefficient (Wildman–Crippen LogP) is 7.45. The zero-order valence-corrected chi connectivity index (χ0v) is 35.2. The predicted molar refractivity (Wildman–Crippen MR) is 232 cm³/mol. The Morgan fingerprint density at radius 2 is 1.70 bits per heavy atom. The smallest absolute Gasteiger partial charge is 0.385 e. The van der Waals surface area contributed by atoms with Crippen molar-refractivity contribution in [2.45, 2.75) is 56.8 Å². The molecule has 4 heterocycles. The van der Waals surface area contributed by atoms with Crippen LogP contribution in [0.3, 0.4) is 0 Å². The molecule has 0 spiro atoms. The fourth-order valence-corrected chi connectivity index (χ4v) is 8.74. The molecule has 0 saturated carbocycles. The van der Waals surface area contributed by atoms with Gasteiger partial charge in [0.15, 0.2) is 5.11 Å². The van der Waals surface area contributed by atoms with E-state index in [2.05, 4.69) is 36.2 Å². The number of nitriles is 1. The molecule has 2 amide bonds. The molecule has 4 aromatic carbocycles.